The van der Waals surface area contributed by atoms with Crippen LogP contribution in [0.1, 0.15) is 32.4 Å². The molecule has 0 bridgehead atoms. The summed E-state index contributed by atoms with van der Waals surface area (Å²) >= 11 is 1.97. The third kappa shape index (κ3) is 4.63. The normalized spacial score (nSPS) is 12.9. The molecule has 0 saturated carbocycles. The average molecular weight is 266 g/mol. The Labute approximate surface area is 116 Å². The maximum absolute atomic E-state index is 3.32. The molecule has 0 saturated heterocycles. The Kier molecular flexibility index (Phi) is 7.40. The minimum Gasteiger partial charge on any atom is -0.313 e. The summed E-state index contributed by atoms with van der Waals surface area (Å²) in [5.74, 6) is 1.16. The Morgan fingerprint density at radius 3 is 2.50 bits per heavy atom. The van der Waals surface area contributed by atoms with Crippen LogP contribution in [0.3, 0.4) is 0 Å². The maximum Gasteiger partial charge on any atom is 0.0300 e. The van der Waals surface area contributed by atoms with Crippen molar-refractivity contribution in [3.05, 3.63) is 29.8 Å². The van der Waals surface area contributed by atoms with Gasteiger partial charge in [-0.25, -0.2) is 0 Å². The zero-order valence-electron chi connectivity index (χ0n) is 12.1. The standard InChI is InChI=1S/C15H26N2S/c1-5-17(6-2)11-12-18-15-10-8-7-9-14(15)13(3)16-4/h7-10,13,16H,5-6,11-12H2,1-4H3. The van der Waals surface area contributed by atoms with Gasteiger partial charge < -0.3 is 10.2 Å². The minimum atomic E-state index is 0.419. The number of rotatable bonds is 8. The van der Waals surface area contributed by atoms with Gasteiger partial charge in [-0.05, 0) is 38.7 Å². The lowest BCUT2D eigenvalue weighted by molar-refractivity contribution is 0.324. The summed E-state index contributed by atoms with van der Waals surface area (Å²) in [6, 6.07) is 9.13. The number of benzene rings is 1. The van der Waals surface area contributed by atoms with E-state index >= 15 is 0 Å². The first-order valence-corrected chi connectivity index (χ1v) is 7.82. The number of nitrogens with zero attached hydrogens (tertiary/aromatic N) is 1. The molecular formula is C15H26N2S. The Hall–Kier alpha value is -0.510. The molecule has 1 atom stereocenters. The highest BCUT2D eigenvalue weighted by molar-refractivity contribution is 7.99. The molecule has 0 aliphatic carbocycles. The summed E-state index contributed by atoms with van der Waals surface area (Å²) < 4.78 is 0. The van der Waals surface area contributed by atoms with Crippen LogP contribution in [0.4, 0.5) is 0 Å². The molecule has 1 N–H and O–H groups in total. The monoisotopic (exact) mass is 266 g/mol. The lowest BCUT2D eigenvalue weighted by Crippen LogP contribution is -2.25. The molecule has 0 amide bonds. The van der Waals surface area contributed by atoms with Gasteiger partial charge in [0.15, 0.2) is 0 Å². The minimum absolute atomic E-state index is 0.419. The summed E-state index contributed by atoms with van der Waals surface area (Å²) in [4.78, 5) is 3.88. The summed E-state index contributed by atoms with van der Waals surface area (Å²) in [5, 5.41) is 3.32. The van der Waals surface area contributed by atoms with Gasteiger partial charge in [0.1, 0.15) is 0 Å². The van der Waals surface area contributed by atoms with E-state index < -0.39 is 0 Å². The van der Waals surface area contributed by atoms with Crippen LogP contribution in [0.2, 0.25) is 0 Å². The summed E-state index contributed by atoms with van der Waals surface area (Å²) in [6.45, 7) is 10.1. The van der Waals surface area contributed by atoms with Crippen molar-refractivity contribution in [2.24, 2.45) is 0 Å². The van der Waals surface area contributed by atoms with Gasteiger partial charge in [-0.2, -0.15) is 0 Å². The van der Waals surface area contributed by atoms with Crippen molar-refractivity contribution in [1.29, 1.82) is 0 Å². The summed E-state index contributed by atoms with van der Waals surface area (Å²) in [5.41, 5.74) is 1.41. The molecule has 18 heavy (non-hydrogen) atoms. The molecule has 1 rings (SSSR count). The molecule has 2 nitrogen and oxygen atoms in total. The lowest BCUT2D eigenvalue weighted by atomic mass is 10.1. The highest BCUT2D eigenvalue weighted by Crippen LogP contribution is 2.27. The largest absolute Gasteiger partial charge is 0.313 e. The molecule has 0 aliphatic rings. The van der Waals surface area contributed by atoms with E-state index in [0.717, 1.165) is 18.8 Å². The van der Waals surface area contributed by atoms with E-state index in [-0.39, 0.29) is 0 Å². The Balaban J connectivity index is 2.56. The fourth-order valence-electron chi connectivity index (χ4n) is 1.95. The van der Waals surface area contributed by atoms with Crippen LogP contribution in [0.15, 0.2) is 29.2 Å². The topological polar surface area (TPSA) is 15.3 Å². The molecule has 0 aromatic heterocycles. The van der Waals surface area contributed by atoms with Gasteiger partial charge in [0.2, 0.25) is 0 Å². The van der Waals surface area contributed by atoms with Crippen LogP contribution >= 0.6 is 11.8 Å². The van der Waals surface area contributed by atoms with Crippen molar-refractivity contribution in [3.8, 4) is 0 Å². The van der Waals surface area contributed by atoms with Crippen LogP contribution in [0.5, 0.6) is 0 Å². The molecule has 1 aromatic carbocycles. The highest BCUT2D eigenvalue weighted by Gasteiger charge is 2.08. The molecule has 0 aliphatic heterocycles. The van der Waals surface area contributed by atoms with Crippen LogP contribution in [-0.2, 0) is 0 Å². The van der Waals surface area contributed by atoms with Crippen molar-refractivity contribution in [2.45, 2.75) is 31.7 Å². The average Bonchev–Trinajstić information content (AvgIpc) is 2.43. The highest BCUT2D eigenvalue weighted by atomic mass is 32.2. The first-order valence-electron chi connectivity index (χ1n) is 6.84. The van der Waals surface area contributed by atoms with Gasteiger partial charge in [-0.15, -0.1) is 11.8 Å². The van der Waals surface area contributed by atoms with Crippen molar-refractivity contribution in [2.75, 3.05) is 32.4 Å². The first-order chi connectivity index (χ1) is 8.72. The van der Waals surface area contributed by atoms with Crippen LogP contribution in [0.25, 0.3) is 0 Å². The predicted molar refractivity (Wildman–Crippen MR) is 82.4 cm³/mol. The van der Waals surface area contributed by atoms with E-state index in [1.54, 1.807) is 0 Å². The molecule has 0 heterocycles. The smallest absolute Gasteiger partial charge is 0.0300 e. The Morgan fingerprint density at radius 1 is 1.22 bits per heavy atom. The number of thioether (sulfide) groups is 1. The van der Waals surface area contributed by atoms with E-state index in [0.29, 0.717) is 6.04 Å². The second-order valence-electron chi connectivity index (χ2n) is 4.42. The number of hydrogen-bond donors (Lipinski definition) is 1. The van der Waals surface area contributed by atoms with Crippen molar-refractivity contribution in [1.82, 2.24) is 10.2 Å². The molecule has 0 fully saturated rings. The van der Waals surface area contributed by atoms with E-state index in [4.69, 9.17) is 0 Å². The van der Waals surface area contributed by atoms with Crippen molar-refractivity contribution < 1.29 is 0 Å². The molecule has 0 radical (unpaired) electrons. The number of hydrogen-bond acceptors (Lipinski definition) is 3. The second kappa shape index (κ2) is 8.57. The van der Waals surface area contributed by atoms with Crippen LogP contribution in [0, 0.1) is 0 Å². The van der Waals surface area contributed by atoms with Gasteiger partial charge in [0.05, 0.1) is 0 Å². The van der Waals surface area contributed by atoms with Gasteiger partial charge in [-0.1, -0.05) is 32.0 Å². The lowest BCUT2D eigenvalue weighted by Gasteiger charge is -2.19. The van der Waals surface area contributed by atoms with E-state index in [9.17, 15) is 0 Å². The third-order valence-corrected chi connectivity index (χ3v) is 4.45. The molecule has 1 aromatic rings. The van der Waals surface area contributed by atoms with Crippen molar-refractivity contribution >= 4 is 11.8 Å². The van der Waals surface area contributed by atoms with Crippen LogP contribution < -0.4 is 5.32 Å². The quantitative estimate of drug-likeness (QED) is 0.726. The van der Waals surface area contributed by atoms with E-state index in [2.05, 4.69) is 55.3 Å². The fourth-order valence-corrected chi connectivity index (χ4v) is 3.11. The SMILES string of the molecule is CCN(CC)CCSc1ccccc1C(C)NC. The van der Waals surface area contributed by atoms with Crippen molar-refractivity contribution in [3.63, 3.8) is 0 Å². The van der Waals surface area contributed by atoms with E-state index in [1.807, 2.05) is 18.8 Å². The van der Waals surface area contributed by atoms with E-state index in [1.165, 1.54) is 17.0 Å². The predicted octanol–water partition coefficient (Wildman–Crippen LogP) is 3.40. The Morgan fingerprint density at radius 2 is 1.89 bits per heavy atom. The first kappa shape index (κ1) is 15.5. The third-order valence-electron chi connectivity index (χ3n) is 3.38. The zero-order chi connectivity index (χ0) is 13.4. The Bertz CT molecular complexity index is 337. The molecule has 3 heteroatoms. The fraction of sp³-hybridized carbons (Fsp3) is 0.600. The van der Waals surface area contributed by atoms with Gasteiger partial charge in [0, 0.05) is 23.2 Å². The van der Waals surface area contributed by atoms with Crippen LogP contribution in [-0.4, -0.2) is 37.3 Å². The van der Waals surface area contributed by atoms with Gasteiger partial charge >= 0.3 is 0 Å². The summed E-state index contributed by atoms with van der Waals surface area (Å²) in [7, 11) is 2.02. The second-order valence-corrected chi connectivity index (χ2v) is 5.56. The molecule has 102 valence electrons. The number of nitrogens with one attached hydrogen (secondary N) is 1. The molecule has 1 unspecified atom stereocenters. The zero-order valence-corrected chi connectivity index (χ0v) is 12.9. The molecule has 0 spiro atoms. The van der Waals surface area contributed by atoms with Gasteiger partial charge in [-0.3, -0.25) is 0 Å². The summed E-state index contributed by atoms with van der Waals surface area (Å²) in [6.07, 6.45) is 0. The van der Waals surface area contributed by atoms with Gasteiger partial charge in [0.25, 0.3) is 0 Å². The molecular weight excluding hydrogens is 240 g/mol. The maximum atomic E-state index is 3.32.